The molecule has 0 saturated carbocycles. The number of anilines is 1. The zero-order valence-corrected chi connectivity index (χ0v) is 17.6. The second-order valence-corrected chi connectivity index (χ2v) is 8.53. The van der Waals surface area contributed by atoms with Crippen molar-refractivity contribution in [2.75, 3.05) is 5.32 Å². The molecular formula is C17H22ClN3O7S. The SMILES string of the molecule is Cc1cc(C)[n+](CCC(=O)Nc2ccc(S(N)(=O)=O)cc2)c(C)c1.[O-][Cl+3]([O-])([O-])[O-]. The van der Waals surface area contributed by atoms with Crippen LogP contribution in [0, 0.1) is 31.0 Å². The summed E-state index contributed by atoms with van der Waals surface area (Å²) in [5, 5.41) is 7.79. The number of aryl methyl sites for hydroxylation is 3. The maximum absolute atomic E-state index is 12.1. The molecule has 0 atom stereocenters. The number of aromatic nitrogens is 1. The Bertz CT molecular complexity index is 929. The summed E-state index contributed by atoms with van der Waals surface area (Å²) < 4.78 is 58.5. The molecule has 1 amide bonds. The van der Waals surface area contributed by atoms with Crippen molar-refractivity contribution in [3.05, 3.63) is 53.3 Å². The van der Waals surface area contributed by atoms with Crippen molar-refractivity contribution in [2.45, 2.75) is 38.6 Å². The van der Waals surface area contributed by atoms with Gasteiger partial charge in [-0.25, -0.2) is 32.2 Å². The standard InChI is InChI=1S/C17H21N3O3S.ClHO4/c1-12-10-13(2)20(14(3)11-12)9-8-17(21)19-15-4-6-16(7-5-15)24(18,22)23;2-1(3,4)5/h4-7,10-11H,8-9H2,1-3H3,(H2-,18,19,21,22,23);(H,2,3,4,5). The minimum atomic E-state index is -4.94. The third-order valence-corrected chi connectivity index (χ3v) is 4.68. The monoisotopic (exact) mass is 447 g/mol. The zero-order valence-electron chi connectivity index (χ0n) is 16.0. The van der Waals surface area contributed by atoms with Crippen molar-refractivity contribution in [1.82, 2.24) is 0 Å². The molecule has 0 radical (unpaired) electrons. The lowest BCUT2D eigenvalue weighted by molar-refractivity contribution is -2.00. The Morgan fingerprint density at radius 2 is 1.48 bits per heavy atom. The van der Waals surface area contributed by atoms with Crippen LogP contribution >= 0.6 is 0 Å². The fourth-order valence-electron chi connectivity index (χ4n) is 2.65. The first-order chi connectivity index (χ1) is 13.2. The summed E-state index contributed by atoms with van der Waals surface area (Å²) in [5.74, 6) is -0.134. The Labute approximate surface area is 171 Å². The number of halogens is 1. The highest BCUT2D eigenvalue weighted by molar-refractivity contribution is 7.89. The van der Waals surface area contributed by atoms with Crippen LogP contribution in [0.25, 0.3) is 0 Å². The smallest absolute Gasteiger partial charge is 0.238 e. The number of carbonyl (C=O) groups is 1. The molecule has 1 aromatic carbocycles. The Kier molecular flexibility index (Phi) is 8.65. The quantitative estimate of drug-likeness (QED) is 0.452. The molecule has 0 aliphatic carbocycles. The molecule has 0 saturated heterocycles. The van der Waals surface area contributed by atoms with Gasteiger partial charge in [0.25, 0.3) is 0 Å². The first kappa shape index (κ1) is 24.9. The molecule has 0 aliphatic heterocycles. The maximum atomic E-state index is 12.1. The summed E-state index contributed by atoms with van der Waals surface area (Å²) in [6, 6.07) is 9.94. The van der Waals surface area contributed by atoms with Gasteiger partial charge >= 0.3 is 0 Å². The average molecular weight is 448 g/mol. The van der Waals surface area contributed by atoms with E-state index in [-0.39, 0.29) is 10.8 Å². The normalized spacial score (nSPS) is 11.4. The van der Waals surface area contributed by atoms with Crippen LogP contribution in [0.3, 0.4) is 0 Å². The van der Waals surface area contributed by atoms with E-state index in [0.29, 0.717) is 18.7 Å². The van der Waals surface area contributed by atoms with E-state index in [1.807, 2.05) is 20.8 Å². The summed E-state index contributed by atoms with van der Waals surface area (Å²) in [7, 11) is -8.67. The summed E-state index contributed by atoms with van der Waals surface area (Å²) in [4.78, 5) is 12.1. The molecule has 0 bridgehead atoms. The van der Waals surface area contributed by atoms with Crippen LogP contribution in [0.5, 0.6) is 0 Å². The van der Waals surface area contributed by atoms with Crippen molar-refractivity contribution >= 4 is 21.6 Å². The lowest BCUT2D eigenvalue weighted by atomic mass is 10.2. The van der Waals surface area contributed by atoms with Crippen molar-refractivity contribution < 1.29 is 46.7 Å². The fourth-order valence-corrected chi connectivity index (χ4v) is 3.17. The number of amides is 1. The third kappa shape index (κ3) is 9.76. The number of benzene rings is 1. The van der Waals surface area contributed by atoms with Crippen molar-refractivity contribution in [3.8, 4) is 0 Å². The van der Waals surface area contributed by atoms with Gasteiger partial charge in [0.1, 0.15) is 0 Å². The predicted octanol–water partition coefficient (Wildman–Crippen LogP) is -3.18. The zero-order chi connectivity index (χ0) is 22.4. The van der Waals surface area contributed by atoms with Crippen LogP contribution < -0.4 is 33.7 Å². The van der Waals surface area contributed by atoms with Crippen molar-refractivity contribution in [3.63, 3.8) is 0 Å². The Morgan fingerprint density at radius 1 is 1.03 bits per heavy atom. The van der Waals surface area contributed by atoms with Gasteiger partial charge in [0.2, 0.25) is 15.9 Å². The van der Waals surface area contributed by atoms with Crippen LogP contribution in [0.15, 0.2) is 41.3 Å². The summed E-state index contributed by atoms with van der Waals surface area (Å²) in [5.41, 5.74) is 3.95. The number of nitrogens with zero attached hydrogens (tertiary/aromatic N) is 1. The van der Waals surface area contributed by atoms with E-state index in [1.165, 1.54) is 29.8 Å². The molecule has 10 nitrogen and oxygen atoms in total. The highest BCUT2D eigenvalue weighted by Gasteiger charge is 2.14. The molecule has 3 N–H and O–H groups in total. The third-order valence-electron chi connectivity index (χ3n) is 3.75. The van der Waals surface area contributed by atoms with E-state index >= 15 is 0 Å². The molecule has 0 fully saturated rings. The molecular weight excluding hydrogens is 426 g/mol. The molecule has 29 heavy (non-hydrogen) atoms. The summed E-state index contributed by atoms with van der Waals surface area (Å²) in [6.07, 6.45) is 0.326. The molecule has 1 heterocycles. The van der Waals surface area contributed by atoms with Crippen LogP contribution in [0.2, 0.25) is 0 Å². The Balaban J connectivity index is 0.000000749. The number of sulfonamides is 1. The number of nitrogens with two attached hydrogens (primary N) is 1. The number of carbonyl (C=O) groups excluding carboxylic acids is 1. The van der Waals surface area contributed by atoms with Crippen molar-refractivity contribution in [2.24, 2.45) is 5.14 Å². The number of hydrogen-bond donors (Lipinski definition) is 2. The highest BCUT2D eigenvalue weighted by Crippen LogP contribution is 2.13. The first-order valence-corrected chi connectivity index (χ1v) is 11.0. The van der Waals surface area contributed by atoms with Gasteiger partial charge in [-0.15, -0.1) is 10.2 Å². The van der Waals surface area contributed by atoms with Gasteiger partial charge in [-0.3, -0.25) is 4.79 Å². The fraction of sp³-hybridized carbons (Fsp3) is 0.294. The molecule has 0 unspecified atom stereocenters. The van der Waals surface area contributed by atoms with E-state index in [1.54, 1.807) is 0 Å². The summed E-state index contributed by atoms with van der Waals surface area (Å²) >= 11 is 0. The topological polar surface area (TPSA) is 185 Å². The predicted molar refractivity (Wildman–Crippen MR) is 91.9 cm³/mol. The molecule has 12 heteroatoms. The van der Waals surface area contributed by atoms with Gasteiger partial charge in [-0.05, 0) is 36.8 Å². The van der Waals surface area contributed by atoms with Crippen LogP contribution in [-0.4, -0.2) is 14.3 Å². The number of primary sulfonamides is 1. The Morgan fingerprint density at radius 3 is 1.90 bits per heavy atom. The molecule has 2 rings (SSSR count). The second-order valence-electron chi connectivity index (χ2n) is 6.21. The number of nitrogens with one attached hydrogen (secondary N) is 1. The van der Waals surface area contributed by atoms with E-state index in [9.17, 15) is 13.2 Å². The first-order valence-electron chi connectivity index (χ1n) is 8.19. The molecule has 0 spiro atoms. The molecule has 160 valence electrons. The number of pyridine rings is 1. The lowest BCUT2D eigenvalue weighted by Crippen LogP contribution is -2.68. The Hall–Kier alpha value is -2.12. The maximum Gasteiger partial charge on any atom is 0.238 e. The lowest BCUT2D eigenvalue weighted by Gasteiger charge is -2.17. The van der Waals surface area contributed by atoms with Gasteiger partial charge in [-0.2, -0.15) is 4.57 Å². The second kappa shape index (κ2) is 10.1. The van der Waals surface area contributed by atoms with E-state index < -0.39 is 20.3 Å². The van der Waals surface area contributed by atoms with Crippen molar-refractivity contribution in [1.29, 1.82) is 0 Å². The van der Waals surface area contributed by atoms with E-state index in [0.717, 1.165) is 11.4 Å². The van der Waals surface area contributed by atoms with Gasteiger partial charge < -0.3 is 5.32 Å². The minimum Gasteiger partial charge on any atom is -0.326 e. The molecule has 2 aromatic rings. The van der Waals surface area contributed by atoms with Gasteiger partial charge in [0.05, 0.1) is 11.3 Å². The molecule has 1 aromatic heterocycles. The largest absolute Gasteiger partial charge is 0.326 e. The van der Waals surface area contributed by atoms with E-state index in [4.69, 9.17) is 23.8 Å². The van der Waals surface area contributed by atoms with Crippen LogP contribution in [-0.2, 0) is 21.4 Å². The minimum absolute atomic E-state index is 0.0157. The number of rotatable bonds is 5. The van der Waals surface area contributed by atoms with Gasteiger partial charge in [0.15, 0.2) is 17.9 Å². The highest BCUT2D eigenvalue weighted by atomic mass is 35.7. The van der Waals surface area contributed by atoms with Crippen LogP contribution in [0.1, 0.15) is 23.4 Å². The van der Waals surface area contributed by atoms with Gasteiger partial charge in [0, 0.05) is 31.7 Å². The van der Waals surface area contributed by atoms with E-state index in [2.05, 4.69) is 22.0 Å². The van der Waals surface area contributed by atoms with Gasteiger partial charge in [-0.1, -0.05) is 0 Å². The summed E-state index contributed by atoms with van der Waals surface area (Å²) in [6.45, 7) is 6.66. The number of hydrogen-bond acceptors (Lipinski definition) is 7. The average Bonchev–Trinajstić information content (AvgIpc) is 2.51. The molecule has 0 aliphatic rings. The van der Waals surface area contributed by atoms with Crippen LogP contribution in [0.4, 0.5) is 5.69 Å².